The van der Waals surface area contributed by atoms with Crippen molar-refractivity contribution in [3.05, 3.63) is 18.1 Å². The van der Waals surface area contributed by atoms with Gasteiger partial charge in [-0.15, -0.1) is 0 Å². The second kappa shape index (κ2) is 5.66. The van der Waals surface area contributed by atoms with Gasteiger partial charge in [0.1, 0.15) is 11.8 Å². The van der Waals surface area contributed by atoms with E-state index in [0.29, 0.717) is 24.4 Å². The first-order valence-corrected chi connectivity index (χ1v) is 5.95. The van der Waals surface area contributed by atoms with Gasteiger partial charge in [-0.2, -0.15) is 4.98 Å². The summed E-state index contributed by atoms with van der Waals surface area (Å²) in [6.45, 7) is 0.368. The van der Waals surface area contributed by atoms with Crippen LogP contribution in [0.5, 0.6) is 5.88 Å². The van der Waals surface area contributed by atoms with Gasteiger partial charge in [0.2, 0.25) is 5.88 Å². The number of carboxylic acids is 1. The monoisotopic (exact) mass is 264 g/mol. The summed E-state index contributed by atoms with van der Waals surface area (Å²) in [5.74, 6) is -0.416. The quantitative estimate of drug-likeness (QED) is 0.713. The van der Waals surface area contributed by atoms with E-state index in [9.17, 15) is 4.79 Å². The third-order valence-electron chi connectivity index (χ3n) is 3.08. The molecule has 0 saturated carbocycles. The zero-order valence-corrected chi connectivity index (χ0v) is 10.6. The largest absolute Gasteiger partial charge is 0.481 e. The van der Waals surface area contributed by atoms with Crippen LogP contribution in [0.15, 0.2) is 12.5 Å². The van der Waals surface area contributed by atoms with Gasteiger partial charge in [-0.3, -0.25) is 4.79 Å². The van der Waals surface area contributed by atoms with Crippen LogP contribution in [-0.4, -0.2) is 39.7 Å². The molecule has 1 unspecified atom stereocenters. The van der Waals surface area contributed by atoms with E-state index in [0.717, 1.165) is 11.1 Å². The van der Waals surface area contributed by atoms with Gasteiger partial charge in [-0.05, 0) is 13.0 Å². The highest BCUT2D eigenvalue weighted by atomic mass is 16.5. The number of hydrogen-bond donors (Lipinski definition) is 3. The van der Waals surface area contributed by atoms with Crippen LogP contribution in [0, 0.1) is 0 Å². The number of nitrogens with zero attached hydrogens (tertiary/aromatic N) is 2. The number of H-pyrrole nitrogens is 1. The third kappa shape index (κ3) is 2.65. The van der Waals surface area contributed by atoms with Gasteiger partial charge in [0.15, 0.2) is 0 Å². The summed E-state index contributed by atoms with van der Waals surface area (Å²) in [4.78, 5) is 21.9. The summed E-state index contributed by atoms with van der Waals surface area (Å²) in [6, 6.07) is 0. The molecule has 0 aliphatic carbocycles. The molecule has 2 heterocycles. The molecule has 7 nitrogen and oxygen atoms in total. The Kier molecular flexibility index (Phi) is 3.96. The van der Waals surface area contributed by atoms with Crippen molar-refractivity contribution in [3.8, 4) is 5.88 Å². The standard InChI is InChI=1S/C12H16N4O3/c1-19-12-11-10(15-6-16-12)8(5-14-11)7(4-13)2-3-9(17)18/h5-7,14H,2-4,13H2,1H3,(H,17,18). The second-order valence-corrected chi connectivity index (χ2v) is 4.22. The number of carboxylic acid groups (broad SMARTS) is 1. The van der Waals surface area contributed by atoms with Crippen molar-refractivity contribution >= 4 is 17.0 Å². The van der Waals surface area contributed by atoms with Crippen LogP contribution >= 0.6 is 0 Å². The predicted molar refractivity (Wildman–Crippen MR) is 69.1 cm³/mol. The number of aromatic nitrogens is 3. The molecule has 102 valence electrons. The Bertz CT molecular complexity index is 581. The highest BCUT2D eigenvalue weighted by Gasteiger charge is 2.18. The molecule has 0 saturated heterocycles. The number of ether oxygens (including phenoxy) is 1. The van der Waals surface area contributed by atoms with Crippen LogP contribution in [0.4, 0.5) is 0 Å². The molecule has 4 N–H and O–H groups in total. The zero-order chi connectivity index (χ0) is 13.8. The molecular weight excluding hydrogens is 248 g/mol. The van der Waals surface area contributed by atoms with E-state index >= 15 is 0 Å². The molecule has 0 aliphatic heterocycles. The van der Waals surface area contributed by atoms with E-state index in [1.807, 2.05) is 0 Å². The van der Waals surface area contributed by atoms with Gasteiger partial charge >= 0.3 is 5.97 Å². The fourth-order valence-corrected chi connectivity index (χ4v) is 2.10. The van der Waals surface area contributed by atoms with Crippen LogP contribution in [0.25, 0.3) is 11.0 Å². The number of aliphatic carboxylic acids is 1. The van der Waals surface area contributed by atoms with Gasteiger partial charge in [-0.25, -0.2) is 4.98 Å². The minimum atomic E-state index is -0.828. The zero-order valence-electron chi connectivity index (χ0n) is 10.6. The first-order valence-electron chi connectivity index (χ1n) is 5.95. The summed E-state index contributed by atoms with van der Waals surface area (Å²) in [5.41, 5.74) is 8.06. The molecule has 19 heavy (non-hydrogen) atoms. The Morgan fingerprint density at radius 1 is 1.58 bits per heavy atom. The molecule has 2 rings (SSSR count). The normalized spacial score (nSPS) is 12.5. The summed E-state index contributed by atoms with van der Waals surface area (Å²) in [6.07, 6.45) is 3.77. The lowest BCUT2D eigenvalue weighted by atomic mass is 9.96. The Hall–Kier alpha value is -2.15. The number of carbonyl (C=O) groups is 1. The number of nitrogens with two attached hydrogens (primary N) is 1. The number of fused-ring (bicyclic) bond motifs is 1. The van der Waals surface area contributed by atoms with Crippen LogP contribution in [-0.2, 0) is 4.79 Å². The number of rotatable bonds is 6. The minimum absolute atomic E-state index is 0.0514. The molecule has 7 heteroatoms. The van der Waals surface area contributed by atoms with Crippen molar-refractivity contribution in [3.63, 3.8) is 0 Å². The van der Waals surface area contributed by atoms with E-state index in [2.05, 4.69) is 15.0 Å². The maximum Gasteiger partial charge on any atom is 0.303 e. The van der Waals surface area contributed by atoms with Gasteiger partial charge in [0.25, 0.3) is 0 Å². The van der Waals surface area contributed by atoms with Gasteiger partial charge in [0, 0.05) is 24.1 Å². The van der Waals surface area contributed by atoms with E-state index in [1.165, 1.54) is 13.4 Å². The number of hydrogen-bond acceptors (Lipinski definition) is 5. The third-order valence-corrected chi connectivity index (χ3v) is 3.08. The molecule has 0 bridgehead atoms. The van der Waals surface area contributed by atoms with Gasteiger partial charge in [-0.1, -0.05) is 0 Å². The molecule has 0 radical (unpaired) electrons. The lowest BCUT2D eigenvalue weighted by Crippen LogP contribution is -2.14. The summed E-state index contributed by atoms with van der Waals surface area (Å²) in [5, 5.41) is 8.76. The molecule has 0 fully saturated rings. The summed E-state index contributed by atoms with van der Waals surface area (Å²) < 4.78 is 5.14. The lowest BCUT2D eigenvalue weighted by molar-refractivity contribution is -0.137. The smallest absolute Gasteiger partial charge is 0.303 e. The van der Waals surface area contributed by atoms with Crippen molar-refractivity contribution in [2.45, 2.75) is 18.8 Å². The van der Waals surface area contributed by atoms with Gasteiger partial charge < -0.3 is 20.6 Å². The minimum Gasteiger partial charge on any atom is -0.481 e. The Morgan fingerprint density at radius 3 is 3.00 bits per heavy atom. The van der Waals surface area contributed by atoms with Crippen LogP contribution in [0.1, 0.15) is 24.3 Å². The SMILES string of the molecule is COc1ncnc2c(C(CN)CCC(=O)O)c[nH]c12. The highest BCUT2D eigenvalue weighted by Crippen LogP contribution is 2.29. The molecule has 0 aliphatic rings. The Morgan fingerprint density at radius 2 is 2.37 bits per heavy atom. The van der Waals surface area contributed by atoms with Crippen molar-refractivity contribution in [1.29, 1.82) is 0 Å². The maximum atomic E-state index is 10.7. The number of nitrogens with one attached hydrogen (secondary N) is 1. The fourth-order valence-electron chi connectivity index (χ4n) is 2.10. The van der Waals surface area contributed by atoms with Crippen LogP contribution in [0.2, 0.25) is 0 Å². The number of methoxy groups -OCH3 is 1. The fraction of sp³-hybridized carbons (Fsp3) is 0.417. The van der Waals surface area contributed by atoms with E-state index in [-0.39, 0.29) is 12.3 Å². The summed E-state index contributed by atoms with van der Waals surface area (Å²) in [7, 11) is 1.53. The first kappa shape index (κ1) is 13.3. The second-order valence-electron chi connectivity index (χ2n) is 4.22. The highest BCUT2D eigenvalue weighted by molar-refractivity contribution is 5.83. The van der Waals surface area contributed by atoms with E-state index in [4.69, 9.17) is 15.6 Å². The van der Waals surface area contributed by atoms with Gasteiger partial charge in [0.05, 0.1) is 12.6 Å². The molecule has 1 atom stereocenters. The topological polar surface area (TPSA) is 114 Å². The maximum absolute atomic E-state index is 10.7. The molecule has 0 aromatic carbocycles. The Balaban J connectivity index is 2.35. The van der Waals surface area contributed by atoms with Crippen molar-refractivity contribution in [1.82, 2.24) is 15.0 Å². The molecule has 0 amide bonds. The first-order chi connectivity index (χ1) is 9.17. The summed E-state index contributed by atoms with van der Waals surface area (Å²) >= 11 is 0. The van der Waals surface area contributed by atoms with E-state index in [1.54, 1.807) is 6.20 Å². The van der Waals surface area contributed by atoms with Crippen molar-refractivity contribution in [2.24, 2.45) is 5.73 Å². The average Bonchev–Trinajstić information content (AvgIpc) is 2.83. The lowest BCUT2D eigenvalue weighted by Gasteiger charge is -2.12. The van der Waals surface area contributed by atoms with Crippen LogP contribution in [0.3, 0.4) is 0 Å². The van der Waals surface area contributed by atoms with Crippen molar-refractivity contribution in [2.75, 3.05) is 13.7 Å². The van der Waals surface area contributed by atoms with E-state index < -0.39 is 5.97 Å². The molecule has 0 spiro atoms. The van der Waals surface area contributed by atoms with Crippen LogP contribution < -0.4 is 10.5 Å². The molecule has 2 aromatic heterocycles. The Labute approximate surface area is 109 Å². The predicted octanol–water partition coefficient (Wildman–Crippen LogP) is 0.874. The average molecular weight is 264 g/mol. The van der Waals surface area contributed by atoms with Crippen molar-refractivity contribution < 1.29 is 14.6 Å². The molecule has 2 aromatic rings. The molecular formula is C12H16N4O3. The number of aromatic amines is 1.